The van der Waals surface area contributed by atoms with Crippen molar-refractivity contribution in [3.63, 3.8) is 0 Å². The number of aliphatic hydroxyl groups excluding tert-OH is 1. The quantitative estimate of drug-likeness (QED) is 0.789. The van der Waals surface area contributed by atoms with Gasteiger partial charge in [-0.05, 0) is 49.2 Å². The molecule has 0 unspecified atom stereocenters. The average Bonchev–Trinajstić information content (AvgIpc) is 3.10. The molecule has 1 fully saturated rings. The van der Waals surface area contributed by atoms with Crippen LogP contribution in [-0.4, -0.2) is 28.7 Å². The van der Waals surface area contributed by atoms with E-state index in [1.165, 1.54) is 0 Å². The van der Waals surface area contributed by atoms with Crippen LogP contribution < -0.4 is 10.6 Å². The second kappa shape index (κ2) is 7.44. The molecule has 0 aliphatic carbocycles. The van der Waals surface area contributed by atoms with Gasteiger partial charge in [-0.15, -0.1) is 0 Å². The number of aromatic nitrogens is 1. The van der Waals surface area contributed by atoms with Gasteiger partial charge in [0.2, 0.25) is 0 Å². The minimum atomic E-state index is -0.0683. The first kappa shape index (κ1) is 15.8. The molecule has 23 heavy (non-hydrogen) atoms. The van der Waals surface area contributed by atoms with Crippen LogP contribution in [0.1, 0.15) is 40.5 Å². The Balaban J connectivity index is 1.68. The number of benzene rings is 1. The van der Waals surface area contributed by atoms with Gasteiger partial charge < -0.3 is 20.3 Å². The number of hydrogen-bond donors (Lipinski definition) is 3. The molecular weight excluding hydrogens is 290 g/mol. The third-order valence-corrected chi connectivity index (χ3v) is 4.44. The van der Waals surface area contributed by atoms with Crippen LogP contribution in [0.15, 0.2) is 42.6 Å². The number of hydrogen-bond acceptors (Lipinski definition) is 3. The van der Waals surface area contributed by atoms with Gasteiger partial charge in [-0.3, -0.25) is 4.79 Å². The van der Waals surface area contributed by atoms with Crippen LogP contribution in [0.25, 0.3) is 0 Å². The van der Waals surface area contributed by atoms with Crippen molar-refractivity contribution in [2.24, 2.45) is 0 Å². The summed E-state index contributed by atoms with van der Waals surface area (Å²) < 4.78 is 2.09. The molecule has 3 N–H and O–H groups in total. The third kappa shape index (κ3) is 3.63. The smallest absolute Gasteiger partial charge is 0.268 e. The van der Waals surface area contributed by atoms with Gasteiger partial charge in [0.1, 0.15) is 5.69 Å². The van der Waals surface area contributed by atoms with Crippen LogP contribution >= 0.6 is 0 Å². The van der Waals surface area contributed by atoms with E-state index >= 15 is 0 Å². The molecule has 2 aromatic rings. The van der Waals surface area contributed by atoms with Gasteiger partial charge in [-0.2, -0.15) is 0 Å². The first-order valence-electron chi connectivity index (χ1n) is 8.13. The Morgan fingerprint density at radius 2 is 1.91 bits per heavy atom. The van der Waals surface area contributed by atoms with Crippen molar-refractivity contribution < 1.29 is 9.90 Å². The summed E-state index contributed by atoms with van der Waals surface area (Å²) in [5.74, 6) is -0.0683. The molecule has 1 aromatic carbocycles. The molecule has 0 radical (unpaired) electrons. The van der Waals surface area contributed by atoms with E-state index in [0.29, 0.717) is 18.3 Å². The zero-order valence-electron chi connectivity index (χ0n) is 13.2. The van der Waals surface area contributed by atoms with E-state index in [9.17, 15) is 9.90 Å². The number of carbonyl (C=O) groups is 1. The van der Waals surface area contributed by atoms with Gasteiger partial charge in [0.05, 0.1) is 6.61 Å². The number of nitrogens with zero attached hydrogens (tertiary/aromatic N) is 1. The molecule has 122 valence electrons. The highest BCUT2D eigenvalue weighted by atomic mass is 16.3. The topological polar surface area (TPSA) is 66.3 Å². The third-order valence-electron chi connectivity index (χ3n) is 4.44. The van der Waals surface area contributed by atoms with Crippen LogP contribution in [-0.2, 0) is 13.2 Å². The molecule has 2 heterocycles. The second-order valence-corrected chi connectivity index (χ2v) is 5.89. The summed E-state index contributed by atoms with van der Waals surface area (Å²) in [5, 5.41) is 15.7. The van der Waals surface area contributed by atoms with E-state index in [4.69, 9.17) is 0 Å². The van der Waals surface area contributed by atoms with Crippen molar-refractivity contribution >= 4 is 5.91 Å². The Morgan fingerprint density at radius 3 is 2.65 bits per heavy atom. The summed E-state index contributed by atoms with van der Waals surface area (Å²) in [6.07, 6.45) is 4.08. The predicted octanol–water partition coefficient (Wildman–Crippen LogP) is 1.83. The molecule has 1 aliphatic heterocycles. The maximum atomic E-state index is 12.5. The number of carbonyl (C=O) groups excluding carboxylic acids is 1. The Morgan fingerprint density at radius 1 is 1.17 bits per heavy atom. The standard InChI is InChI=1S/C18H23N3O2/c22-13-15-5-2-1-4-14(15)12-20-18(23)17-6-3-11-21(17)16-7-9-19-10-8-16/h1-6,11,16,19,22H,7-10,12-13H2,(H,20,23). The van der Waals surface area contributed by atoms with Crippen LogP contribution in [0.5, 0.6) is 0 Å². The molecule has 1 saturated heterocycles. The molecule has 1 aliphatic rings. The van der Waals surface area contributed by atoms with E-state index in [1.54, 1.807) is 0 Å². The van der Waals surface area contributed by atoms with Crippen molar-refractivity contribution in [3.8, 4) is 0 Å². The molecule has 0 bridgehead atoms. The number of amides is 1. The Labute approximate surface area is 136 Å². The van der Waals surface area contributed by atoms with Crippen molar-refractivity contribution in [3.05, 3.63) is 59.4 Å². The highest BCUT2D eigenvalue weighted by molar-refractivity contribution is 5.92. The van der Waals surface area contributed by atoms with Gasteiger partial charge in [-0.25, -0.2) is 0 Å². The molecule has 1 aromatic heterocycles. The molecule has 0 atom stereocenters. The molecule has 3 rings (SSSR count). The van der Waals surface area contributed by atoms with E-state index in [2.05, 4.69) is 15.2 Å². The van der Waals surface area contributed by atoms with Crippen molar-refractivity contribution in [2.75, 3.05) is 13.1 Å². The SMILES string of the molecule is O=C(NCc1ccccc1CO)c1cccn1C1CCNCC1. The van der Waals surface area contributed by atoms with Gasteiger partial charge >= 0.3 is 0 Å². The minimum Gasteiger partial charge on any atom is -0.392 e. The number of rotatable bonds is 5. The van der Waals surface area contributed by atoms with E-state index in [-0.39, 0.29) is 12.5 Å². The first-order valence-corrected chi connectivity index (χ1v) is 8.13. The largest absolute Gasteiger partial charge is 0.392 e. The average molecular weight is 313 g/mol. The molecule has 1 amide bonds. The van der Waals surface area contributed by atoms with Crippen LogP contribution in [0.4, 0.5) is 0 Å². The highest BCUT2D eigenvalue weighted by Gasteiger charge is 2.19. The summed E-state index contributed by atoms with van der Waals surface area (Å²) in [6, 6.07) is 11.8. The lowest BCUT2D eigenvalue weighted by atomic mass is 10.1. The van der Waals surface area contributed by atoms with Gasteiger partial charge in [0.15, 0.2) is 0 Å². The second-order valence-electron chi connectivity index (χ2n) is 5.89. The van der Waals surface area contributed by atoms with Crippen LogP contribution in [0, 0.1) is 0 Å². The minimum absolute atomic E-state index is 0.0164. The van der Waals surface area contributed by atoms with Crippen molar-refractivity contribution in [1.29, 1.82) is 0 Å². The lowest BCUT2D eigenvalue weighted by molar-refractivity contribution is 0.0937. The van der Waals surface area contributed by atoms with E-state index < -0.39 is 0 Å². The van der Waals surface area contributed by atoms with Gasteiger partial charge in [0, 0.05) is 18.8 Å². The fraction of sp³-hybridized carbons (Fsp3) is 0.389. The molecular formula is C18H23N3O2. The lowest BCUT2D eigenvalue weighted by Crippen LogP contribution is -2.32. The highest BCUT2D eigenvalue weighted by Crippen LogP contribution is 2.21. The Hall–Kier alpha value is -2.11. The van der Waals surface area contributed by atoms with Crippen LogP contribution in [0.3, 0.4) is 0 Å². The number of aliphatic hydroxyl groups is 1. The number of piperidine rings is 1. The zero-order chi connectivity index (χ0) is 16.1. The Kier molecular flexibility index (Phi) is 5.10. The predicted molar refractivity (Wildman–Crippen MR) is 89.1 cm³/mol. The van der Waals surface area contributed by atoms with Crippen molar-refractivity contribution in [2.45, 2.75) is 32.0 Å². The fourth-order valence-electron chi connectivity index (χ4n) is 3.14. The first-order chi connectivity index (χ1) is 11.3. The molecule has 5 heteroatoms. The summed E-state index contributed by atoms with van der Waals surface area (Å²) in [4.78, 5) is 12.5. The van der Waals surface area contributed by atoms with Gasteiger partial charge in [-0.1, -0.05) is 24.3 Å². The lowest BCUT2D eigenvalue weighted by Gasteiger charge is -2.26. The maximum Gasteiger partial charge on any atom is 0.268 e. The maximum absolute atomic E-state index is 12.5. The van der Waals surface area contributed by atoms with Gasteiger partial charge in [0.25, 0.3) is 5.91 Å². The van der Waals surface area contributed by atoms with Crippen molar-refractivity contribution in [1.82, 2.24) is 15.2 Å². The summed E-state index contributed by atoms with van der Waals surface area (Å²) in [6.45, 7) is 2.39. The Bertz CT molecular complexity index is 660. The molecule has 0 saturated carbocycles. The molecule has 0 spiro atoms. The van der Waals surface area contributed by atoms with Crippen LogP contribution in [0.2, 0.25) is 0 Å². The van der Waals surface area contributed by atoms with E-state index in [0.717, 1.165) is 37.1 Å². The summed E-state index contributed by atoms with van der Waals surface area (Å²) in [7, 11) is 0. The molecule has 5 nitrogen and oxygen atoms in total. The fourth-order valence-corrected chi connectivity index (χ4v) is 3.14. The van der Waals surface area contributed by atoms with E-state index in [1.807, 2.05) is 42.6 Å². The summed E-state index contributed by atoms with van der Waals surface area (Å²) in [5.41, 5.74) is 2.50. The normalized spacial score (nSPS) is 15.5. The summed E-state index contributed by atoms with van der Waals surface area (Å²) >= 11 is 0. The number of nitrogens with one attached hydrogen (secondary N) is 2. The zero-order valence-corrected chi connectivity index (χ0v) is 13.2. The monoisotopic (exact) mass is 313 g/mol.